The smallest absolute Gasteiger partial charge is 0.151 e. The van der Waals surface area contributed by atoms with Gasteiger partial charge in [-0.15, -0.1) is 5.54 Å². The Bertz CT molecular complexity index is 538. The highest BCUT2D eigenvalue weighted by Crippen LogP contribution is 2.10. The van der Waals surface area contributed by atoms with Crippen molar-refractivity contribution in [1.82, 2.24) is 9.55 Å². The van der Waals surface area contributed by atoms with E-state index in [9.17, 15) is 0 Å². The van der Waals surface area contributed by atoms with Crippen LogP contribution < -0.4 is 0 Å². The Labute approximate surface area is 91.0 Å². The van der Waals surface area contributed by atoms with Crippen molar-refractivity contribution >= 4 is 19.1 Å². The van der Waals surface area contributed by atoms with Gasteiger partial charge in [0.15, 0.2) is 5.65 Å². The minimum absolute atomic E-state index is 0.947. The molecule has 0 radical (unpaired) electrons. The van der Waals surface area contributed by atoms with Gasteiger partial charge in [-0.05, 0) is 18.2 Å². The third-order valence-electron chi connectivity index (χ3n) is 2.00. The maximum absolute atomic E-state index is 4.32. The van der Waals surface area contributed by atoms with Crippen molar-refractivity contribution < 1.29 is 0 Å². The molecule has 0 atom stereocenters. The van der Waals surface area contributed by atoms with E-state index in [-0.39, 0.29) is 0 Å². The number of fused-ring (bicyclic) bond motifs is 1. The normalized spacial score (nSPS) is 11.1. The van der Waals surface area contributed by atoms with Crippen LogP contribution in [-0.4, -0.2) is 17.6 Å². The van der Waals surface area contributed by atoms with Crippen LogP contribution in [0.1, 0.15) is 0 Å². The van der Waals surface area contributed by atoms with Crippen LogP contribution in [0.2, 0.25) is 19.6 Å². The molecular weight excluding hydrogens is 200 g/mol. The van der Waals surface area contributed by atoms with Crippen LogP contribution in [0.5, 0.6) is 0 Å². The molecule has 15 heavy (non-hydrogen) atoms. The third-order valence-corrected chi connectivity index (χ3v) is 2.86. The molecule has 2 aromatic heterocycles. The third kappa shape index (κ3) is 2.28. The molecule has 3 heteroatoms. The molecule has 0 N–H and O–H groups in total. The van der Waals surface area contributed by atoms with E-state index in [4.69, 9.17) is 0 Å². The van der Waals surface area contributed by atoms with Gasteiger partial charge in [-0.25, -0.2) is 4.98 Å². The highest BCUT2D eigenvalue weighted by molar-refractivity contribution is 6.83. The fourth-order valence-corrected chi connectivity index (χ4v) is 1.74. The summed E-state index contributed by atoms with van der Waals surface area (Å²) in [4.78, 5) is 4.32. The monoisotopic (exact) mass is 214 g/mol. The second-order valence-electron chi connectivity index (χ2n) is 4.59. The van der Waals surface area contributed by atoms with E-state index in [2.05, 4.69) is 42.3 Å². The van der Waals surface area contributed by atoms with Gasteiger partial charge in [0.2, 0.25) is 0 Å². The van der Waals surface area contributed by atoms with E-state index >= 15 is 0 Å². The Kier molecular flexibility index (Phi) is 2.37. The summed E-state index contributed by atoms with van der Waals surface area (Å²) in [6, 6.07) is 9.21. The van der Waals surface area contributed by atoms with Gasteiger partial charge in [-0.1, -0.05) is 19.6 Å². The zero-order chi connectivity index (χ0) is 10.9. The highest BCUT2D eigenvalue weighted by Gasteiger charge is 2.08. The molecule has 0 aliphatic rings. The minimum atomic E-state index is -1.31. The number of pyridine rings is 1. The van der Waals surface area contributed by atoms with Crippen molar-refractivity contribution in [1.29, 1.82) is 0 Å². The van der Waals surface area contributed by atoms with Crippen LogP contribution in [0.25, 0.3) is 11.0 Å². The van der Waals surface area contributed by atoms with Crippen LogP contribution in [0.15, 0.2) is 30.6 Å². The van der Waals surface area contributed by atoms with Gasteiger partial charge >= 0.3 is 0 Å². The zero-order valence-corrected chi connectivity index (χ0v) is 10.3. The first-order chi connectivity index (χ1) is 7.06. The number of hydrogen-bond donors (Lipinski definition) is 0. The molecule has 2 aromatic rings. The average molecular weight is 214 g/mol. The van der Waals surface area contributed by atoms with Crippen LogP contribution >= 0.6 is 0 Å². The topological polar surface area (TPSA) is 17.8 Å². The Morgan fingerprint density at radius 2 is 2.07 bits per heavy atom. The molecule has 2 rings (SSSR count). The largest absolute Gasteiger partial charge is 0.260 e. The summed E-state index contributed by atoms with van der Waals surface area (Å²) >= 11 is 0. The van der Waals surface area contributed by atoms with Gasteiger partial charge in [0, 0.05) is 23.8 Å². The number of nitrogens with zero attached hydrogens (tertiary/aromatic N) is 2. The fraction of sp³-hybridized carbons (Fsp3) is 0.250. The quantitative estimate of drug-likeness (QED) is 0.487. The van der Waals surface area contributed by atoms with Gasteiger partial charge in [-0.2, -0.15) is 0 Å². The lowest BCUT2D eigenvalue weighted by atomic mass is 10.3. The van der Waals surface area contributed by atoms with Crippen molar-refractivity contribution in [3.63, 3.8) is 0 Å². The first-order valence-electron chi connectivity index (χ1n) is 5.01. The SMILES string of the molecule is C[Si](C)(C)C#Cn1ccc2cccnc21. The molecule has 0 bridgehead atoms. The molecule has 0 saturated carbocycles. The van der Waals surface area contributed by atoms with Crippen molar-refractivity contribution in [2.24, 2.45) is 0 Å². The molecular formula is C12H14N2Si. The predicted molar refractivity (Wildman–Crippen MR) is 66.3 cm³/mol. The van der Waals surface area contributed by atoms with Crippen molar-refractivity contribution in [3.05, 3.63) is 30.6 Å². The second-order valence-corrected chi connectivity index (χ2v) is 9.34. The fourth-order valence-electron chi connectivity index (χ4n) is 1.28. The van der Waals surface area contributed by atoms with Crippen molar-refractivity contribution in [3.8, 4) is 11.6 Å². The first kappa shape index (κ1) is 10.0. The summed E-state index contributed by atoms with van der Waals surface area (Å²) in [5, 5.41) is 1.14. The summed E-state index contributed by atoms with van der Waals surface area (Å²) in [6.45, 7) is 6.71. The molecule has 0 amide bonds. The maximum atomic E-state index is 4.32. The van der Waals surface area contributed by atoms with E-state index in [0.717, 1.165) is 11.0 Å². The molecule has 76 valence electrons. The Morgan fingerprint density at radius 3 is 2.80 bits per heavy atom. The Balaban J connectivity index is 2.48. The van der Waals surface area contributed by atoms with Gasteiger partial charge in [0.25, 0.3) is 0 Å². The maximum Gasteiger partial charge on any atom is 0.151 e. The number of aromatic nitrogens is 2. The number of rotatable bonds is 0. The zero-order valence-electron chi connectivity index (χ0n) is 9.28. The van der Waals surface area contributed by atoms with E-state index in [1.165, 1.54) is 0 Å². The lowest BCUT2D eigenvalue weighted by Gasteiger charge is -2.03. The van der Waals surface area contributed by atoms with E-state index in [1.807, 2.05) is 22.9 Å². The molecule has 0 aromatic carbocycles. The Morgan fingerprint density at radius 1 is 1.27 bits per heavy atom. The van der Waals surface area contributed by atoms with Crippen LogP contribution in [-0.2, 0) is 0 Å². The van der Waals surface area contributed by atoms with E-state index in [1.54, 1.807) is 6.20 Å². The van der Waals surface area contributed by atoms with Crippen molar-refractivity contribution in [2.45, 2.75) is 19.6 Å². The average Bonchev–Trinajstić information content (AvgIpc) is 2.57. The Hall–Kier alpha value is -1.53. The molecule has 0 aliphatic carbocycles. The highest BCUT2D eigenvalue weighted by atomic mass is 28.3. The molecule has 0 fully saturated rings. The summed E-state index contributed by atoms with van der Waals surface area (Å²) in [5.41, 5.74) is 4.28. The molecule has 0 unspecified atom stereocenters. The predicted octanol–water partition coefficient (Wildman–Crippen LogP) is 2.72. The summed E-state index contributed by atoms with van der Waals surface area (Å²) in [6.07, 6.45) is 3.78. The van der Waals surface area contributed by atoms with Crippen LogP contribution in [0, 0.1) is 11.6 Å². The standard InChI is InChI=1S/C12H14N2Si/c1-15(2,3)10-9-14-8-6-11-5-4-7-13-12(11)14/h4-8H,1-3H3. The summed E-state index contributed by atoms with van der Waals surface area (Å²) in [7, 11) is -1.31. The number of hydrogen-bond acceptors (Lipinski definition) is 1. The minimum Gasteiger partial charge on any atom is -0.260 e. The molecule has 0 aliphatic heterocycles. The summed E-state index contributed by atoms with van der Waals surface area (Å²) < 4.78 is 1.91. The first-order valence-corrected chi connectivity index (χ1v) is 8.51. The van der Waals surface area contributed by atoms with E-state index in [0.29, 0.717) is 0 Å². The molecule has 0 spiro atoms. The van der Waals surface area contributed by atoms with Gasteiger partial charge in [-0.3, -0.25) is 4.57 Å². The van der Waals surface area contributed by atoms with Gasteiger partial charge in [0.1, 0.15) is 8.07 Å². The van der Waals surface area contributed by atoms with Crippen molar-refractivity contribution in [2.75, 3.05) is 0 Å². The lowest BCUT2D eigenvalue weighted by molar-refractivity contribution is 1.15. The van der Waals surface area contributed by atoms with Gasteiger partial charge < -0.3 is 0 Å². The molecule has 0 saturated heterocycles. The lowest BCUT2D eigenvalue weighted by Crippen LogP contribution is -2.16. The van der Waals surface area contributed by atoms with Crippen LogP contribution in [0.4, 0.5) is 0 Å². The van der Waals surface area contributed by atoms with Crippen LogP contribution in [0.3, 0.4) is 0 Å². The molecule has 2 heterocycles. The van der Waals surface area contributed by atoms with E-state index < -0.39 is 8.07 Å². The molecule has 2 nitrogen and oxygen atoms in total. The summed E-state index contributed by atoms with van der Waals surface area (Å²) in [5.74, 6) is 0. The van der Waals surface area contributed by atoms with Gasteiger partial charge in [0.05, 0.1) is 0 Å². The second kappa shape index (κ2) is 3.56.